The summed E-state index contributed by atoms with van der Waals surface area (Å²) in [4.78, 5) is 10.7. The molecule has 0 aliphatic heterocycles. The van der Waals surface area contributed by atoms with E-state index < -0.39 is 0 Å². The number of hydrogen-bond acceptors (Lipinski definition) is 2. The molecule has 2 nitrogen and oxygen atoms in total. The molecule has 0 unspecified atom stereocenters. The summed E-state index contributed by atoms with van der Waals surface area (Å²) in [7, 11) is 0. The Morgan fingerprint density at radius 1 is 0.933 bits per heavy atom. The molecule has 0 aliphatic carbocycles. The van der Waals surface area contributed by atoms with E-state index in [2.05, 4.69) is 27.0 Å². The molecule has 0 saturated heterocycles. The second-order valence-corrected chi connectivity index (χ2v) is 4.35. The van der Waals surface area contributed by atoms with E-state index in [4.69, 9.17) is 0 Å². The number of halogens is 1. The lowest BCUT2D eigenvalue weighted by molar-refractivity contribution is -0.132. The molecule has 0 fully saturated rings. The van der Waals surface area contributed by atoms with Crippen LogP contribution in [0.3, 0.4) is 0 Å². The van der Waals surface area contributed by atoms with Gasteiger partial charge < -0.3 is 3.83 Å². The molecule has 0 radical (unpaired) electrons. The maximum absolute atomic E-state index is 10.7. The Morgan fingerprint density at radius 3 is 1.87 bits per heavy atom. The SMILES string of the molecule is CCCCCCCCCCCC(=O)OBr. The van der Waals surface area contributed by atoms with Crippen LogP contribution in [0.4, 0.5) is 0 Å². The molecule has 0 aromatic heterocycles. The Labute approximate surface area is 102 Å². The van der Waals surface area contributed by atoms with Crippen molar-refractivity contribution in [2.24, 2.45) is 0 Å². The minimum Gasteiger partial charge on any atom is -0.384 e. The van der Waals surface area contributed by atoms with Crippen molar-refractivity contribution in [2.45, 2.75) is 71.1 Å². The van der Waals surface area contributed by atoms with Gasteiger partial charge in [0, 0.05) is 6.42 Å². The Kier molecular flexibility index (Phi) is 12.0. The van der Waals surface area contributed by atoms with Gasteiger partial charge in [-0.3, -0.25) is 4.79 Å². The van der Waals surface area contributed by atoms with Crippen molar-refractivity contribution in [3.05, 3.63) is 0 Å². The van der Waals surface area contributed by atoms with E-state index in [1.165, 1.54) is 44.9 Å². The van der Waals surface area contributed by atoms with Crippen LogP contribution < -0.4 is 0 Å². The Balaban J connectivity index is 2.95. The monoisotopic (exact) mass is 278 g/mol. The molecular formula is C12H23BrO2. The van der Waals surface area contributed by atoms with Gasteiger partial charge >= 0.3 is 5.97 Å². The summed E-state index contributed by atoms with van der Waals surface area (Å²) >= 11 is 2.68. The van der Waals surface area contributed by atoms with Gasteiger partial charge in [0.25, 0.3) is 0 Å². The van der Waals surface area contributed by atoms with E-state index in [0.717, 1.165) is 12.8 Å². The van der Waals surface area contributed by atoms with Gasteiger partial charge in [0.05, 0.1) is 0 Å². The Bertz CT molecular complexity index is 149. The third-order valence-electron chi connectivity index (χ3n) is 2.57. The molecule has 0 N–H and O–H groups in total. The molecule has 0 bridgehead atoms. The van der Waals surface area contributed by atoms with Crippen LogP contribution in [0.2, 0.25) is 0 Å². The van der Waals surface area contributed by atoms with Crippen LogP contribution >= 0.6 is 16.3 Å². The van der Waals surface area contributed by atoms with Crippen molar-refractivity contribution < 1.29 is 8.62 Å². The fraction of sp³-hybridized carbons (Fsp3) is 0.917. The number of carbonyl (C=O) groups is 1. The summed E-state index contributed by atoms with van der Waals surface area (Å²) in [5.74, 6) is -0.155. The molecule has 3 heteroatoms. The van der Waals surface area contributed by atoms with Crippen LogP contribution in [0.25, 0.3) is 0 Å². The highest BCUT2D eigenvalue weighted by Gasteiger charge is 1.99. The largest absolute Gasteiger partial charge is 0.384 e. The number of rotatable bonds is 10. The highest BCUT2D eigenvalue weighted by Crippen LogP contribution is 2.10. The summed E-state index contributed by atoms with van der Waals surface area (Å²) in [6.07, 6.45) is 12.0. The zero-order valence-electron chi connectivity index (χ0n) is 9.77. The summed E-state index contributed by atoms with van der Waals surface area (Å²) < 4.78 is 4.40. The molecule has 0 aromatic carbocycles. The standard InChI is InChI=1S/C12H23BrO2/c1-2-3-4-5-6-7-8-9-10-11-12(14)15-13/h2-11H2,1H3. The van der Waals surface area contributed by atoms with Crippen molar-refractivity contribution in [3.8, 4) is 0 Å². The van der Waals surface area contributed by atoms with E-state index in [0.29, 0.717) is 6.42 Å². The van der Waals surface area contributed by atoms with Gasteiger partial charge in [-0.1, -0.05) is 58.3 Å². The van der Waals surface area contributed by atoms with E-state index in [1.54, 1.807) is 0 Å². The van der Waals surface area contributed by atoms with Gasteiger partial charge in [0.15, 0.2) is 16.3 Å². The van der Waals surface area contributed by atoms with Crippen molar-refractivity contribution in [2.75, 3.05) is 0 Å². The fourth-order valence-electron chi connectivity index (χ4n) is 1.62. The molecule has 15 heavy (non-hydrogen) atoms. The van der Waals surface area contributed by atoms with Gasteiger partial charge in [0.2, 0.25) is 0 Å². The van der Waals surface area contributed by atoms with Crippen LogP contribution in [0.5, 0.6) is 0 Å². The predicted octanol–water partition coefficient (Wildman–Crippen LogP) is 4.76. The van der Waals surface area contributed by atoms with Gasteiger partial charge in [-0.15, -0.1) is 0 Å². The molecule has 0 aromatic rings. The minimum absolute atomic E-state index is 0.155. The molecule has 0 aliphatic rings. The van der Waals surface area contributed by atoms with Gasteiger partial charge in [-0.2, -0.15) is 0 Å². The molecule has 0 amide bonds. The third kappa shape index (κ3) is 11.9. The van der Waals surface area contributed by atoms with E-state index in [1.807, 2.05) is 0 Å². The van der Waals surface area contributed by atoms with E-state index >= 15 is 0 Å². The lowest BCUT2D eigenvalue weighted by Gasteiger charge is -2.00. The highest BCUT2D eigenvalue weighted by atomic mass is 79.9. The third-order valence-corrected chi connectivity index (χ3v) is 2.93. The first-order valence-electron chi connectivity index (χ1n) is 6.12. The van der Waals surface area contributed by atoms with Crippen molar-refractivity contribution in [1.29, 1.82) is 0 Å². The first kappa shape index (κ1) is 14.9. The minimum atomic E-state index is -0.155. The normalized spacial score (nSPS) is 10.3. The quantitative estimate of drug-likeness (QED) is 0.539. The fourth-order valence-corrected chi connectivity index (χ4v) is 1.78. The number of hydrogen-bond donors (Lipinski definition) is 0. The first-order chi connectivity index (χ1) is 7.31. The molecule has 90 valence electrons. The van der Waals surface area contributed by atoms with E-state index in [-0.39, 0.29) is 5.97 Å². The van der Waals surface area contributed by atoms with Gasteiger partial charge in [-0.05, 0) is 6.42 Å². The van der Waals surface area contributed by atoms with Crippen LogP contribution in [-0.4, -0.2) is 5.97 Å². The molecular weight excluding hydrogens is 256 g/mol. The van der Waals surface area contributed by atoms with Crippen LogP contribution in [-0.2, 0) is 8.62 Å². The molecule has 0 spiro atoms. The summed E-state index contributed by atoms with van der Waals surface area (Å²) in [5, 5.41) is 0. The second kappa shape index (κ2) is 12.0. The average Bonchev–Trinajstić information content (AvgIpc) is 2.26. The van der Waals surface area contributed by atoms with Crippen LogP contribution in [0.1, 0.15) is 71.1 Å². The predicted molar refractivity (Wildman–Crippen MR) is 66.9 cm³/mol. The molecule has 0 atom stereocenters. The average molecular weight is 279 g/mol. The van der Waals surface area contributed by atoms with Crippen molar-refractivity contribution in [1.82, 2.24) is 0 Å². The van der Waals surface area contributed by atoms with Crippen LogP contribution in [0, 0.1) is 0 Å². The summed E-state index contributed by atoms with van der Waals surface area (Å²) in [6, 6.07) is 0. The highest BCUT2D eigenvalue weighted by molar-refractivity contribution is 9.06. The number of unbranched alkanes of at least 4 members (excludes halogenated alkanes) is 8. The van der Waals surface area contributed by atoms with Crippen LogP contribution in [0.15, 0.2) is 0 Å². The number of carbonyl (C=O) groups excluding carboxylic acids is 1. The smallest absolute Gasteiger partial charge is 0.317 e. The molecule has 0 rings (SSSR count). The second-order valence-electron chi connectivity index (χ2n) is 4.03. The van der Waals surface area contributed by atoms with Crippen molar-refractivity contribution in [3.63, 3.8) is 0 Å². The zero-order chi connectivity index (χ0) is 11.4. The van der Waals surface area contributed by atoms with E-state index in [9.17, 15) is 4.79 Å². The maximum atomic E-state index is 10.7. The first-order valence-corrected chi connectivity index (χ1v) is 6.77. The zero-order valence-corrected chi connectivity index (χ0v) is 11.4. The lowest BCUT2D eigenvalue weighted by atomic mass is 10.1. The van der Waals surface area contributed by atoms with Gasteiger partial charge in [0.1, 0.15) is 0 Å². The summed E-state index contributed by atoms with van der Waals surface area (Å²) in [6.45, 7) is 2.24. The Hall–Kier alpha value is -0.0500. The molecule has 0 saturated carbocycles. The summed E-state index contributed by atoms with van der Waals surface area (Å²) in [5.41, 5.74) is 0. The van der Waals surface area contributed by atoms with Crippen molar-refractivity contribution >= 4 is 22.2 Å². The Morgan fingerprint density at radius 2 is 1.40 bits per heavy atom. The van der Waals surface area contributed by atoms with Gasteiger partial charge in [-0.25, -0.2) is 0 Å². The topological polar surface area (TPSA) is 26.3 Å². The lowest BCUT2D eigenvalue weighted by Crippen LogP contribution is -1.95. The molecule has 0 heterocycles. The maximum Gasteiger partial charge on any atom is 0.317 e.